The third-order valence-corrected chi connectivity index (χ3v) is 7.32. The van der Waals surface area contributed by atoms with Gasteiger partial charge in [-0.05, 0) is 80.9 Å². The zero-order valence-electron chi connectivity index (χ0n) is 18.9. The van der Waals surface area contributed by atoms with Gasteiger partial charge >= 0.3 is 0 Å². The van der Waals surface area contributed by atoms with Crippen molar-refractivity contribution in [1.29, 1.82) is 0 Å². The number of likely N-dealkylation sites (N-methyl/N-ethyl adjacent to an activating group) is 1. The quantitative estimate of drug-likeness (QED) is 0.552. The fraction of sp³-hybridized carbons (Fsp3) is 0.480. The van der Waals surface area contributed by atoms with Crippen molar-refractivity contribution in [2.45, 2.75) is 51.5 Å². The van der Waals surface area contributed by atoms with Gasteiger partial charge in [-0.25, -0.2) is 0 Å². The van der Waals surface area contributed by atoms with Gasteiger partial charge in [0.05, 0.1) is 11.7 Å². The summed E-state index contributed by atoms with van der Waals surface area (Å²) in [5.74, 6) is -0.350. The summed E-state index contributed by atoms with van der Waals surface area (Å²) in [4.78, 5) is 19.3. The summed E-state index contributed by atoms with van der Waals surface area (Å²) in [6.45, 7) is 4.43. The van der Waals surface area contributed by atoms with Crippen molar-refractivity contribution in [2.24, 2.45) is 17.1 Å². The number of aromatic amines is 1. The van der Waals surface area contributed by atoms with Gasteiger partial charge in [-0.1, -0.05) is 19.1 Å². The number of fused-ring (bicyclic) bond motifs is 1. The van der Waals surface area contributed by atoms with E-state index in [9.17, 15) is 4.79 Å². The van der Waals surface area contributed by atoms with Gasteiger partial charge in [0.25, 0.3) is 0 Å². The Hall–Kier alpha value is -2.73. The normalized spacial score (nSPS) is 18.1. The number of primary amides is 1. The molecule has 1 aliphatic rings. The van der Waals surface area contributed by atoms with E-state index in [0.29, 0.717) is 0 Å². The van der Waals surface area contributed by atoms with Crippen molar-refractivity contribution >= 4 is 16.8 Å². The molecule has 0 spiro atoms. The highest BCUT2D eigenvalue weighted by Gasteiger charge is 2.50. The highest BCUT2D eigenvalue weighted by molar-refractivity contribution is 5.82. The van der Waals surface area contributed by atoms with Crippen LogP contribution in [0.3, 0.4) is 0 Å². The molecule has 3 atom stereocenters. The van der Waals surface area contributed by atoms with Gasteiger partial charge in [0.1, 0.15) is 0 Å². The predicted octanol–water partition coefficient (Wildman–Crippen LogP) is 3.81. The molecule has 0 bridgehead atoms. The Morgan fingerprint density at radius 1 is 1.26 bits per heavy atom. The average molecular weight is 420 g/mol. The Labute approximate surface area is 184 Å². The van der Waals surface area contributed by atoms with Crippen LogP contribution in [0.5, 0.6) is 0 Å². The molecule has 2 heterocycles. The van der Waals surface area contributed by atoms with Crippen LogP contribution in [0.15, 0.2) is 42.9 Å². The molecule has 4 rings (SSSR count). The first kappa shape index (κ1) is 21.5. The van der Waals surface area contributed by atoms with Gasteiger partial charge in [0, 0.05) is 35.7 Å². The zero-order chi connectivity index (χ0) is 22.2. The summed E-state index contributed by atoms with van der Waals surface area (Å²) >= 11 is 0. The number of aryl methyl sites for hydroxylation is 1. The summed E-state index contributed by atoms with van der Waals surface area (Å²) in [5, 5.41) is 8.37. The Balaban J connectivity index is 1.64. The highest BCUT2D eigenvalue weighted by Crippen LogP contribution is 2.59. The molecule has 6 heteroatoms. The number of nitrogens with one attached hydrogen (secondary N) is 1. The topological polar surface area (TPSA) is 87.9 Å². The molecule has 3 N–H and O–H groups in total. The Morgan fingerprint density at radius 2 is 2.03 bits per heavy atom. The first-order valence-corrected chi connectivity index (χ1v) is 11.1. The van der Waals surface area contributed by atoms with Gasteiger partial charge in [-0.3, -0.25) is 14.9 Å². The molecule has 1 aliphatic carbocycles. The summed E-state index contributed by atoms with van der Waals surface area (Å²) in [6, 6.07) is 8.51. The number of aromatic nitrogens is 3. The third kappa shape index (κ3) is 4.35. The van der Waals surface area contributed by atoms with Crippen molar-refractivity contribution < 1.29 is 4.79 Å². The number of amides is 1. The predicted molar refractivity (Wildman–Crippen MR) is 124 cm³/mol. The molecule has 3 aromatic rings. The molecule has 31 heavy (non-hydrogen) atoms. The van der Waals surface area contributed by atoms with Crippen LogP contribution in [0, 0.1) is 18.3 Å². The molecule has 1 fully saturated rings. The standard InChI is InChI=1S/C25H33N5O/c1-16-17(7-8-22-21(16)15-28-29-22)12-19(30(3)4)13-20(24(26)31)23(25(2)9-10-25)18-6-5-11-27-14-18/h5-8,11,14-15,19-20,23H,9-10,12-13H2,1-4H3,(H2,26,31)(H,28,29)/t19-,20?,23?/m1/s1. The molecule has 6 nitrogen and oxygen atoms in total. The number of nitrogens with two attached hydrogens (primary N) is 1. The van der Waals surface area contributed by atoms with E-state index in [1.54, 1.807) is 6.20 Å². The second kappa shape index (κ2) is 8.42. The summed E-state index contributed by atoms with van der Waals surface area (Å²) in [7, 11) is 4.18. The van der Waals surface area contributed by atoms with E-state index in [1.807, 2.05) is 18.5 Å². The second-order valence-electron chi connectivity index (χ2n) is 9.67. The van der Waals surface area contributed by atoms with E-state index < -0.39 is 0 Å². The van der Waals surface area contributed by atoms with E-state index in [0.717, 1.165) is 42.1 Å². The highest BCUT2D eigenvalue weighted by atomic mass is 16.1. The van der Waals surface area contributed by atoms with E-state index in [2.05, 4.69) is 66.2 Å². The van der Waals surface area contributed by atoms with Crippen molar-refractivity contribution in [3.8, 4) is 0 Å². The minimum absolute atomic E-state index is 0.0959. The molecule has 0 radical (unpaired) electrons. The van der Waals surface area contributed by atoms with Crippen molar-refractivity contribution in [3.05, 3.63) is 59.5 Å². The average Bonchev–Trinajstić information content (AvgIpc) is 3.29. The lowest BCUT2D eigenvalue weighted by molar-refractivity contribution is -0.123. The van der Waals surface area contributed by atoms with Crippen molar-refractivity contribution in [3.63, 3.8) is 0 Å². The molecule has 2 aromatic heterocycles. The van der Waals surface area contributed by atoms with Gasteiger partial charge in [0.2, 0.25) is 5.91 Å². The number of rotatable bonds is 9. The van der Waals surface area contributed by atoms with Crippen LogP contribution in [0.1, 0.15) is 48.8 Å². The maximum atomic E-state index is 12.8. The number of hydrogen-bond acceptors (Lipinski definition) is 4. The van der Waals surface area contributed by atoms with E-state index in [1.165, 1.54) is 11.1 Å². The first-order valence-electron chi connectivity index (χ1n) is 11.1. The molecule has 2 unspecified atom stereocenters. The number of benzene rings is 1. The minimum Gasteiger partial charge on any atom is -0.369 e. The SMILES string of the molecule is Cc1c(C[C@H](CC(C(N)=O)C(c2cccnc2)C2(C)CC2)N(C)C)ccc2[nH]ncc12. The molecule has 164 valence electrons. The zero-order valence-corrected chi connectivity index (χ0v) is 18.9. The molecule has 1 amide bonds. The van der Waals surface area contributed by atoms with Crippen LogP contribution in [0.4, 0.5) is 0 Å². The molecule has 1 aromatic carbocycles. The van der Waals surface area contributed by atoms with Crippen molar-refractivity contribution in [1.82, 2.24) is 20.1 Å². The number of carbonyl (C=O) groups is 1. The number of hydrogen-bond donors (Lipinski definition) is 2. The maximum Gasteiger partial charge on any atom is 0.221 e. The van der Waals surface area contributed by atoms with Crippen LogP contribution in [-0.2, 0) is 11.2 Å². The number of carbonyl (C=O) groups excluding carboxylic acids is 1. The summed E-state index contributed by atoms with van der Waals surface area (Å²) in [6.07, 6.45) is 9.41. The summed E-state index contributed by atoms with van der Waals surface area (Å²) < 4.78 is 0. The Morgan fingerprint density at radius 3 is 2.65 bits per heavy atom. The molecule has 0 saturated heterocycles. The Kier molecular flexibility index (Phi) is 5.84. The van der Waals surface area contributed by atoms with E-state index in [4.69, 9.17) is 5.73 Å². The van der Waals surface area contributed by atoms with E-state index >= 15 is 0 Å². The molecular formula is C25H33N5O. The van der Waals surface area contributed by atoms with Gasteiger partial charge in [-0.2, -0.15) is 5.10 Å². The fourth-order valence-corrected chi connectivity index (χ4v) is 5.05. The first-order chi connectivity index (χ1) is 14.8. The van der Waals surface area contributed by atoms with Crippen LogP contribution in [0.2, 0.25) is 0 Å². The lowest BCUT2D eigenvalue weighted by Crippen LogP contribution is -2.40. The van der Waals surface area contributed by atoms with Crippen LogP contribution < -0.4 is 5.73 Å². The lowest BCUT2D eigenvalue weighted by atomic mass is 9.72. The fourth-order valence-electron chi connectivity index (χ4n) is 5.05. The Bertz CT molecular complexity index is 1050. The number of nitrogens with zero attached hydrogens (tertiary/aromatic N) is 3. The van der Waals surface area contributed by atoms with Crippen LogP contribution in [0.25, 0.3) is 10.9 Å². The van der Waals surface area contributed by atoms with Crippen molar-refractivity contribution in [2.75, 3.05) is 14.1 Å². The maximum absolute atomic E-state index is 12.8. The lowest BCUT2D eigenvalue weighted by Gasteiger charge is -2.35. The van der Waals surface area contributed by atoms with Gasteiger partial charge in [-0.15, -0.1) is 0 Å². The van der Waals surface area contributed by atoms with E-state index in [-0.39, 0.29) is 29.2 Å². The summed E-state index contributed by atoms with van der Waals surface area (Å²) in [5.41, 5.74) is 10.9. The van der Waals surface area contributed by atoms with Crippen LogP contribution >= 0.6 is 0 Å². The smallest absolute Gasteiger partial charge is 0.221 e. The number of pyridine rings is 1. The van der Waals surface area contributed by atoms with Crippen LogP contribution in [-0.4, -0.2) is 46.1 Å². The monoisotopic (exact) mass is 419 g/mol. The van der Waals surface area contributed by atoms with Gasteiger partial charge in [0.15, 0.2) is 0 Å². The minimum atomic E-state index is -0.234. The van der Waals surface area contributed by atoms with Gasteiger partial charge < -0.3 is 10.6 Å². The second-order valence-corrected chi connectivity index (χ2v) is 9.67. The largest absolute Gasteiger partial charge is 0.369 e. The molecular weight excluding hydrogens is 386 g/mol. The number of H-pyrrole nitrogens is 1. The molecule has 1 saturated carbocycles. The molecule has 0 aliphatic heterocycles. The third-order valence-electron chi connectivity index (χ3n) is 7.32.